The van der Waals surface area contributed by atoms with Crippen LogP contribution in [0.15, 0.2) is 35.9 Å². The number of aryl methyl sites for hydroxylation is 1. The van der Waals surface area contributed by atoms with Gasteiger partial charge in [-0.05, 0) is 24.8 Å². The molecule has 0 aromatic carbocycles. The summed E-state index contributed by atoms with van der Waals surface area (Å²) >= 11 is 0. The standard InChI is InChI=1S/C20H28N6O3S/c1-20(2,3)16-13-26-17(22-16)5-6-18(23-26)29-14-15-7-10-25(11-8-15)30(27,28)19-21-9-12-24(19)4/h5-6,9,12-13,15H,7-8,10-11,14H2,1-4H3. The first-order chi connectivity index (χ1) is 14.1. The van der Waals surface area contributed by atoms with Crippen LogP contribution < -0.4 is 4.74 Å². The van der Waals surface area contributed by atoms with Crippen molar-refractivity contribution in [1.29, 1.82) is 0 Å². The molecule has 0 amide bonds. The van der Waals surface area contributed by atoms with Gasteiger partial charge in [-0.2, -0.15) is 4.31 Å². The normalized spacial score (nSPS) is 16.9. The lowest BCUT2D eigenvalue weighted by molar-refractivity contribution is 0.179. The second kappa shape index (κ2) is 7.66. The summed E-state index contributed by atoms with van der Waals surface area (Å²) in [5.74, 6) is 0.826. The van der Waals surface area contributed by atoms with Gasteiger partial charge in [0.1, 0.15) is 0 Å². The number of sulfonamides is 1. The summed E-state index contributed by atoms with van der Waals surface area (Å²) in [6, 6.07) is 3.73. The highest BCUT2D eigenvalue weighted by Crippen LogP contribution is 2.24. The lowest BCUT2D eigenvalue weighted by atomic mass is 9.93. The molecule has 0 atom stereocenters. The number of aromatic nitrogens is 5. The Labute approximate surface area is 176 Å². The van der Waals surface area contributed by atoms with Gasteiger partial charge in [-0.25, -0.2) is 22.9 Å². The minimum Gasteiger partial charge on any atom is -0.476 e. The zero-order valence-electron chi connectivity index (χ0n) is 17.8. The second-order valence-corrected chi connectivity index (χ2v) is 10.7. The molecule has 1 aliphatic heterocycles. The molecule has 1 saturated heterocycles. The minimum absolute atomic E-state index is 0.0437. The van der Waals surface area contributed by atoms with Gasteiger partial charge in [0, 0.05) is 44.0 Å². The van der Waals surface area contributed by atoms with E-state index in [1.807, 2.05) is 18.3 Å². The molecule has 9 nitrogen and oxygen atoms in total. The van der Waals surface area contributed by atoms with Gasteiger partial charge in [-0.1, -0.05) is 20.8 Å². The first-order valence-corrected chi connectivity index (χ1v) is 11.6. The Morgan fingerprint density at radius 3 is 2.57 bits per heavy atom. The number of imidazole rings is 2. The van der Waals surface area contributed by atoms with Gasteiger partial charge in [-0.15, -0.1) is 5.10 Å². The summed E-state index contributed by atoms with van der Waals surface area (Å²) < 4.78 is 36.2. The highest BCUT2D eigenvalue weighted by Gasteiger charge is 2.32. The van der Waals surface area contributed by atoms with Crippen LogP contribution in [0.3, 0.4) is 0 Å². The van der Waals surface area contributed by atoms with Crippen LogP contribution in [0.2, 0.25) is 0 Å². The van der Waals surface area contributed by atoms with Gasteiger partial charge < -0.3 is 9.30 Å². The Morgan fingerprint density at radius 2 is 1.93 bits per heavy atom. The van der Waals surface area contributed by atoms with Crippen molar-refractivity contribution in [3.05, 3.63) is 36.4 Å². The number of rotatable bonds is 5. The monoisotopic (exact) mass is 432 g/mol. The average molecular weight is 433 g/mol. The Bertz CT molecular complexity index is 1140. The van der Waals surface area contributed by atoms with Crippen LogP contribution in [-0.4, -0.2) is 56.6 Å². The lowest BCUT2D eigenvalue weighted by Crippen LogP contribution is -2.40. The second-order valence-electron chi connectivity index (χ2n) is 8.83. The molecule has 0 bridgehead atoms. The molecule has 3 aromatic rings. The van der Waals surface area contributed by atoms with E-state index in [2.05, 4.69) is 35.8 Å². The number of nitrogens with zero attached hydrogens (tertiary/aromatic N) is 6. The molecule has 0 radical (unpaired) electrons. The summed E-state index contributed by atoms with van der Waals surface area (Å²) in [7, 11) is -1.86. The van der Waals surface area contributed by atoms with Crippen LogP contribution >= 0.6 is 0 Å². The summed E-state index contributed by atoms with van der Waals surface area (Å²) in [5.41, 5.74) is 1.73. The predicted octanol–water partition coefficient (Wildman–Crippen LogP) is 2.24. The number of fused-ring (bicyclic) bond motifs is 1. The average Bonchev–Trinajstić information content (AvgIpc) is 3.32. The molecule has 1 aliphatic rings. The van der Waals surface area contributed by atoms with Crippen molar-refractivity contribution in [3.8, 4) is 5.88 Å². The molecule has 4 heterocycles. The van der Waals surface area contributed by atoms with E-state index in [0.29, 0.717) is 25.6 Å². The highest BCUT2D eigenvalue weighted by molar-refractivity contribution is 7.89. The van der Waals surface area contributed by atoms with E-state index < -0.39 is 10.0 Å². The molecule has 3 aromatic heterocycles. The van der Waals surface area contributed by atoms with Crippen molar-refractivity contribution in [3.63, 3.8) is 0 Å². The minimum atomic E-state index is -3.55. The van der Waals surface area contributed by atoms with Crippen LogP contribution in [0.5, 0.6) is 5.88 Å². The Balaban J connectivity index is 1.35. The molecule has 0 saturated carbocycles. The van der Waals surface area contributed by atoms with Crippen molar-refractivity contribution < 1.29 is 13.2 Å². The van der Waals surface area contributed by atoms with Gasteiger partial charge in [-0.3, -0.25) is 0 Å². The maximum Gasteiger partial charge on any atom is 0.276 e. The first kappa shape index (κ1) is 20.8. The predicted molar refractivity (Wildman–Crippen MR) is 112 cm³/mol. The topological polar surface area (TPSA) is 94.6 Å². The molecule has 10 heteroatoms. The largest absolute Gasteiger partial charge is 0.476 e. The highest BCUT2D eigenvalue weighted by atomic mass is 32.2. The maximum atomic E-state index is 12.7. The third-order valence-corrected chi connectivity index (χ3v) is 7.35. The van der Waals surface area contributed by atoms with Gasteiger partial charge in [0.05, 0.1) is 18.5 Å². The van der Waals surface area contributed by atoms with Gasteiger partial charge in [0.15, 0.2) is 5.65 Å². The van der Waals surface area contributed by atoms with Gasteiger partial charge in [0.2, 0.25) is 11.0 Å². The summed E-state index contributed by atoms with van der Waals surface area (Å²) in [5, 5.41) is 4.59. The van der Waals surface area contributed by atoms with Crippen LogP contribution in [0.25, 0.3) is 5.65 Å². The Morgan fingerprint density at radius 1 is 1.20 bits per heavy atom. The van der Waals surface area contributed by atoms with Crippen LogP contribution in [0.1, 0.15) is 39.3 Å². The van der Waals surface area contributed by atoms with Crippen molar-refractivity contribution in [2.24, 2.45) is 13.0 Å². The van der Waals surface area contributed by atoms with Gasteiger partial charge >= 0.3 is 0 Å². The molecular formula is C20H28N6O3S. The fourth-order valence-corrected chi connectivity index (χ4v) is 5.08. The Kier molecular flexibility index (Phi) is 5.31. The van der Waals surface area contributed by atoms with Crippen molar-refractivity contribution >= 4 is 15.7 Å². The molecular weight excluding hydrogens is 404 g/mol. The molecule has 30 heavy (non-hydrogen) atoms. The van der Waals surface area contributed by atoms with Crippen molar-refractivity contribution in [2.45, 2.75) is 44.2 Å². The molecule has 0 N–H and O–H groups in total. The molecule has 1 fully saturated rings. The van der Waals surface area contributed by atoms with Crippen LogP contribution in [0, 0.1) is 5.92 Å². The zero-order chi connectivity index (χ0) is 21.5. The van der Waals surface area contributed by atoms with Gasteiger partial charge in [0.25, 0.3) is 10.0 Å². The molecule has 0 aliphatic carbocycles. The molecule has 0 spiro atoms. The summed E-state index contributed by atoms with van der Waals surface area (Å²) in [6.07, 6.45) is 6.56. The van der Waals surface area contributed by atoms with E-state index in [4.69, 9.17) is 4.74 Å². The fraction of sp³-hybridized carbons (Fsp3) is 0.550. The maximum absolute atomic E-state index is 12.7. The summed E-state index contributed by atoms with van der Waals surface area (Å²) in [4.78, 5) is 8.60. The molecule has 0 unspecified atom stereocenters. The van der Waals surface area contributed by atoms with E-state index in [9.17, 15) is 8.42 Å². The van der Waals surface area contributed by atoms with E-state index in [0.717, 1.165) is 24.2 Å². The quantitative estimate of drug-likeness (QED) is 0.614. The van der Waals surface area contributed by atoms with E-state index in [-0.39, 0.29) is 16.5 Å². The molecule has 4 rings (SSSR count). The van der Waals surface area contributed by atoms with E-state index in [1.165, 1.54) is 15.1 Å². The lowest BCUT2D eigenvalue weighted by Gasteiger charge is -2.30. The van der Waals surface area contributed by atoms with Crippen molar-refractivity contribution in [2.75, 3.05) is 19.7 Å². The fourth-order valence-electron chi connectivity index (χ4n) is 3.54. The number of ether oxygens (including phenoxy) is 1. The van der Waals surface area contributed by atoms with Crippen molar-refractivity contribution in [1.82, 2.24) is 28.5 Å². The van der Waals surface area contributed by atoms with E-state index in [1.54, 1.807) is 17.8 Å². The third-order valence-electron chi connectivity index (χ3n) is 5.45. The summed E-state index contributed by atoms with van der Waals surface area (Å²) in [6.45, 7) is 7.79. The SMILES string of the molecule is Cn1ccnc1S(=O)(=O)N1CCC(COc2ccc3nc(C(C)(C)C)cn3n2)CC1. The third kappa shape index (κ3) is 4.06. The number of hydrogen-bond donors (Lipinski definition) is 0. The number of piperidine rings is 1. The smallest absolute Gasteiger partial charge is 0.276 e. The van der Waals surface area contributed by atoms with E-state index >= 15 is 0 Å². The van der Waals surface area contributed by atoms with Crippen LogP contribution in [0.4, 0.5) is 0 Å². The number of hydrogen-bond acceptors (Lipinski definition) is 6. The zero-order valence-corrected chi connectivity index (χ0v) is 18.6. The first-order valence-electron chi connectivity index (χ1n) is 10.1. The Hall–Kier alpha value is -2.46. The molecule has 162 valence electrons. The van der Waals surface area contributed by atoms with Crippen LogP contribution in [-0.2, 0) is 22.5 Å².